The Balaban J connectivity index is 1.82. The van der Waals surface area contributed by atoms with Crippen LogP contribution in [0.1, 0.15) is 17.5 Å². The Hall–Kier alpha value is -2.95. The molecule has 1 unspecified atom stereocenters. The topological polar surface area (TPSA) is 46.6 Å². The molecule has 4 nitrogen and oxygen atoms in total. The van der Waals surface area contributed by atoms with Gasteiger partial charge < -0.3 is 9.64 Å². The van der Waals surface area contributed by atoms with Gasteiger partial charge in [-0.3, -0.25) is 9.59 Å². The van der Waals surface area contributed by atoms with Crippen molar-refractivity contribution in [3.8, 4) is 0 Å². The summed E-state index contributed by atoms with van der Waals surface area (Å²) in [6, 6.07) is 13.6. The maximum Gasteiger partial charge on any atom is 0.276 e. The van der Waals surface area contributed by atoms with E-state index in [1.807, 2.05) is 30.3 Å². The lowest BCUT2D eigenvalue weighted by Gasteiger charge is -2.22. The van der Waals surface area contributed by atoms with Gasteiger partial charge in [-0.2, -0.15) is 0 Å². The monoisotopic (exact) mass is 323 g/mol. The van der Waals surface area contributed by atoms with Crippen molar-refractivity contribution in [2.75, 3.05) is 4.90 Å². The summed E-state index contributed by atoms with van der Waals surface area (Å²) in [6.45, 7) is 3.88. The van der Waals surface area contributed by atoms with Gasteiger partial charge in [-0.25, -0.2) is 4.39 Å². The SMILES string of the molecule is C=C1OC2(CC1=O)C(=O)N(Cc1ccccc1)c1ccc(F)cc12. The molecule has 0 aromatic heterocycles. The molecule has 2 aromatic carbocycles. The predicted octanol–water partition coefficient (Wildman–Crippen LogP) is 3.07. The molecule has 2 aliphatic heterocycles. The lowest BCUT2D eigenvalue weighted by atomic mass is 9.92. The average molecular weight is 323 g/mol. The first kappa shape index (κ1) is 14.6. The molecule has 0 bridgehead atoms. The number of fused-ring (bicyclic) bond motifs is 2. The number of rotatable bonds is 2. The molecule has 5 heteroatoms. The molecule has 0 saturated carbocycles. The van der Waals surface area contributed by atoms with Gasteiger partial charge in [0.2, 0.25) is 11.4 Å². The summed E-state index contributed by atoms with van der Waals surface area (Å²) in [5.74, 6) is -1.23. The fraction of sp³-hybridized carbons (Fsp3) is 0.158. The lowest BCUT2D eigenvalue weighted by Crippen LogP contribution is -2.39. The van der Waals surface area contributed by atoms with Crippen LogP contribution in [-0.2, 0) is 26.5 Å². The first-order chi connectivity index (χ1) is 11.5. The molecule has 1 fully saturated rings. The van der Waals surface area contributed by atoms with Crippen molar-refractivity contribution in [2.24, 2.45) is 0 Å². The van der Waals surface area contributed by atoms with Crippen LogP contribution in [0.2, 0.25) is 0 Å². The third kappa shape index (κ3) is 1.98. The lowest BCUT2D eigenvalue weighted by molar-refractivity contribution is -0.135. The molecule has 1 spiro atoms. The van der Waals surface area contributed by atoms with E-state index in [1.165, 1.54) is 17.0 Å². The smallest absolute Gasteiger partial charge is 0.276 e. The molecule has 2 heterocycles. The van der Waals surface area contributed by atoms with Crippen molar-refractivity contribution in [3.63, 3.8) is 0 Å². The first-order valence-corrected chi connectivity index (χ1v) is 7.58. The zero-order chi connectivity index (χ0) is 16.9. The largest absolute Gasteiger partial charge is 0.469 e. The highest BCUT2D eigenvalue weighted by Gasteiger charge is 2.58. The molecule has 1 saturated heterocycles. The minimum absolute atomic E-state index is 0.0554. The van der Waals surface area contributed by atoms with Crippen molar-refractivity contribution in [1.29, 1.82) is 0 Å². The summed E-state index contributed by atoms with van der Waals surface area (Å²) in [7, 11) is 0. The van der Waals surface area contributed by atoms with Gasteiger partial charge in [-0.15, -0.1) is 0 Å². The van der Waals surface area contributed by atoms with E-state index >= 15 is 0 Å². The van der Waals surface area contributed by atoms with E-state index in [9.17, 15) is 14.0 Å². The van der Waals surface area contributed by atoms with E-state index in [0.717, 1.165) is 5.56 Å². The highest BCUT2D eigenvalue weighted by atomic mass is 19.1. The molecule has 120 valence electrons. The number of Topliss-reactive ketones (excluding diaryl/α,β-unsaturated/α-hetero) is 1. The van der Waals surface area contributed by atoms with Crippen LogP contribution in [0.25, 0.3) is 0 Å². The maximum absolute atomic E-state index is 13.8. The molecule has 0 N–H and O–H groups in total. The van der Waals surface area contributed by atoms with Gasteiger partial charge in [0.1, 0.15) is 5.82 Å². The molecule has 1 amide bonds. The predicted molar refractivity (Wildman–Crippen MR) is 85.6 cm³/mol. The van der Waals surface area contributed by atoms with Crippen LogP contribution in [0, 0.1) is 5.82 Å². The Morgan fingerprint density at radius 1 is 1.17 bits per heavy atom. The Morgan fingerprint density at radius 3 is 2.58 bits per heavy atom. The molecule has 0 aliphatic carbocycles. The number of halogens is 1. The number of anilines is 1. The Morgan fingerprint density at radius 2 is 1.92 bits per heavy atom. The van der Waals surface area contributed by atoms with Gasteiger partial charge in [0.05, 0.1) is 18.7 Å². The normalized spacial score (nSPS) is 22.2. The van der Waals surface area contributed by atoms with Crippen LogP contribution in [0.15, 0.2) is 60.9 Å². The molecule has 0 radical (unpaired) electrons. The van der Waals surface area contributed by atoms with E-state index in [1.54, 1.807) is 6.07 Å². The first-order valence-electron chi connectivity index (χ1n) is 7.58. The molecule has 24 heavy (non-hydrogen) atoms. The third-order valence-electron chi connectivity index (χ3n) is 4.48. The number of allylic oxidation sites excluding steroid dienone is 1. The molecule has 1 atom stereocenters. The van der Waals surface area contributed by atoms with Gasteiger partial charge in [0.25, 0.3) is 5.91 Å². The van der Waals surface area contributed by atoms with E-state index in [4.69, 9.17) is 4.74 Å². The van der Waals surface area contributed by atoms with Crippen molar-refractivity contribution < 1.29 is 18.7 Å². The molecular weight excluding hydrogens is 309 g/mol. The van der Waals surface area contributed by atoms with Crippen LogP contribution in [0.5, 0.6) is 0 Å². The number of ketones is 1. The summed E-state index contributed by atoms with van der Waals surface area (Å²) in [6.07, 6.45) is -0.146. The molecular formula is C19H14FNO3. The summed E-state index contributed by atoms with van der Waals surface area (Å²) in [5, 5.41) is 0. The highest BCUT2D eigenvalue weighted by molar-refractivity contribution is 6.12. The zero-order valence-electron chi connectivity index (χ0n) is 12.8. The van der Waals surface area contributed by atoms with Gasteiger partial charge >= 0.3 is 0 Å². The Bertz CT molecular complexity index is 859. The fourth-order valence-electron chi connectivity index (χ4n) is 3.33. The quantitative estimate of drug-likeness (QED) is 0.798. The fourth-order valence-corrected chi connectivity index (χ4v) is 3.33. The zero-order valence-corrected chi connectivity index (χ0v) is 12.8. The van der Waals surface area contributed by atoms with Crippen molar-refractivity contribution in [1.82, 2.24) is 0 Å². The maximum atomic E-state index is 13.8. The number of hydrogen-bond acceptors (Lipinski definition) is 3. The number of carbonyl (C=O) groups is 2. The van der Waals surface area contributed by atoms with Crippen molar-refractivity contribution >= 4 is 17.4 Å². The minimum atomic E-state index is -1.49. The summed E-state index contributed by atoms with van der Waals surface area (Å²) < 4.78 is 19.4. The van der Waals surface area contributed by atoms with Crippen LogP contribution < -0.4 is 4.90 Å². The van der Waals surface area contributed by atoms with E-state index in [0.29, 0.717) is 17.8 Å². The summed E-state index contributed by atoms with van der Waals surface area (Å²) >= 11 is 0. The standard InChI is InChI=1S/C19H14FNO3/c1-12-17(22)10-19(24-12)15-9-14(20)7-8-16(15)21(18(19)23)11-13-5-3-2-4-6-13/h2-9H,1,10-11H2. The number of ether oxygens (including phenoxy) is 1. The summed E-state index contributed by atoms with van der Waals surface area (Å²) in [4.78, 5) is 26.6. The molecule has 2 aliphatic rings. The Kier molecular flexibility index (Phi) is 3.06. The second kappa shape index (κ2) is 5.03. The van der Waals surface area contributed by atoms with Gasteiger partial charge in [-0.1, -0.05) is 36.9 Å². The number of hydrogen-bond donors (Lipinski definition) is 0. The van der Waals surface area contributed by atoms with E-state index < -0.39 is 11.4 Å². The third-order valence-corrected chi connectivity index (χ3v) is 4.48. The molecule has 4 rings (SSSR count). The second-order valence-corrected chi connectivity index (χ2v) is 5.99. The van der Waals surface area contributed by atoms with Crippen LogP contribution in [-0.4, -0.2) is 11.7 Å². The van der Waals surface area contributed by atoms with Gasteiger partial charge in [-0.05, 0) is 23.8 Å². The van der Waals surface area contributed by atoms with Crippen LogP contribution >= 0.6 is 0 Å². The average Bonchev–Trinajstić information content (AvgIpc) is 2.99. The Labute approximate surface area is 138 Å². The van der Waals surface area contributed by atoms with Gasteiger partial charge in [0.15, 0.2) is 5.76 Å². The van der Waals surface area contributed by atoms with Crippen molar-refractivity contribution in [2.45, 2.75) is 18.6 Å². The number of amides is 1. The minimum Gasteiger partial charge on any atom is -0.469 e. The number of nitrogens with zero attached hydrogens (tertiary/aromatic N) is 1. The van der Waals surface area contributed by atoms with Crippen molar-refractivity contribution in [3.05, 3.63) is 77.8 Å². The van der Waals surface area contributed by atoms with Gasteiger partial charge in [0, 0.05) is 5.56 Å². The van der Waals surface area contributed by atoms with E-state index in [-0.39, 0.29) is 23.9 Å². The number of carbonyl (C=O) groups excluding carboxylic acids is 2. The highest BCUT2D eigenvalue weighted by Crippen LogP contribution is 2.50. The number of benzene rings is 2. The molecule has 2 aromatic rings. The van der Waals surface area contributed by atoms with Crippen LogP contribution in [0.3, 0.4) is 0 Å². The van der Waals surface area contributed by atoms with Crippen LogP contribution in [0.4, 0.5) is 10.1 Å². The second-order valence-electron chi connectivity index (χ2n) is 5.99. The van der Waals surface area contributed by atoms with E-state index in [2.05, 4.69) is 6.58 Å². The summed E-state index contributed by atoms with van der Waals surface area (Å²) in [5.41, 5.74) is 0.393.